The number of hydrogen-bond donors (Lipinski definition) is 1. The molecule has 0 aromatic heterocycles. The Kier molecular flexibility index (Phi) is 4.99. The molecule has 2 fully saturated rings. The monoisotopic (exact) mass is 592 g/mol. The van der Waals surface area contributed by atoms with E-state index in [0.717, 1.165) is 18.6 Å². The molecular formula is C18H14I2N2O5. The molecule has 1 saturated heterocycles. The molecule has 1 heterocycles. The first kappa shape index (κ1) is 18.8. The van der Waals surface area contributed by atoms with Crippen LogP contribution < -0.4 is 4.74 Å². The lowest BCUT2D eigenvalue weighted by molar-refractivity contribution is -0.141. The first-order valence-electron chi connectivity index (χ1n) is 8.30. The second-order valence-corrected chi connectivity index (χ2v) is 9.05. The van der Waals surface area contributed by atoms with Gasteiger partial charge in [0, 0.05) is 0 Å². The highest BCUT2D eigenvalue weighted by atomic mass is 127. The number of nitrogens with zero attached hydrogens (tertiary/aromatic N) is 2. The van der Waals surface area contributed by atoms with Gasteiger partial charge in [-0.05, 0) is 81.1 Å². The Morgan fingerprint density at radius 1 is 1.19 bits per heavy atom. The van der Waals surface area contributed by atoms with Crippen molar-refractivity contribution in [2.24, 2.45) is 28.8 Å². The van der Waals surface area contributed by atoms with Crippen LogP contribution in [0.3, 0.4) is 0 Å². The average Bonchev–Trinajstić information content (AvgIpc) is 3.27. The van der Waals surface area contributed by atoms with Crippen molar-refractivity contribution in [2.75, 3.05) is 6.61 Å². The number of carboxylic acids is 1. The van der Waals surface area contributed by atoms with Crippen LogP contribution in [0.2, 0.25) is 0 Å². The molecule has 1 N–H and O–H groups in total. The Morgan fingerprint density at radius 3 is 2.26 bits per heavy atom. The van der Waals surface area contributed by atoms with E-state index in [0.29, 0.717) is 11.3 Å². The predicted octanol–water partition coefficient (Wildman–Crippen LogP) is 2.50. The Bertz CT molecular complexity index is 860. The van der Waals surface area contributed by atoms with Gasteiger partial charge >= 0.3 is 5.97 Å². The second kappa shape index (κ2) is 7.15. The first-order chi connectivity index (χ1) is 12.9. The van der Waals surface area contributed by atoms with Crippen LogP contribution in [0.15, 0.2) is 29.4 Å². The molecule has 1 aromatic rings. The van der Waals surface area contributed by atoms with Gasteiger partial charge < -0.3 is 9.84 Å². The van der Waals surface area contributed by atoms with Crippen molar-refractivity contribution < 1.29 is 24.2 Å². The van der Waals surface area contributed by atoms with E-state index in [1.54, 1.807) is 12.1 Å². The van der Waals surface area contributed by atoms with Crippen LogP contribution >= 0.6 is 45.2 Å². The van der Waals surface area contributed by atoms with E-state index in [2.05, 4.69) is 5.10 Å². The maximum absolute atomic E-state index is 12.6. The van der Waals surface area contributed by atoms with Crippen molar-refractivity contribution in [2.45, 2.75) is 6.42 Å². The van der Waals surface area contributed by atoms with E-state index in [4.69, 9.17) is 9.84 Å². The number of hydrazone groups is 1. The number of amides is 2. The number of imide groups is 1. The molecule has 0 unspecified atom stereocenters. The van der Waals surface area contributed by atoms with Crippen molar-refractivity contribution in [3.63, 3.8) is 0 Å². The number of carboxylic acid groups (broad SMARTS) is 1. The summed E-state index contributed by atoms with van der Waals surface area (Å²) in [6, 6.07) is 3.53. The highest BCUT2D eigenvalue weighted by molar-refractivity contribution is 14.1. The molecule has 1 aromatic carbocycles. The van der Waals surface area contributed by atoms with E-state index >= 15 is 0 Å². The van der Waals surface area contributed by atoms with E-state index < -0.39 is 12.6 Å². The number of benzene rings is 1. The zero-order chi connectivity index (χ0) is 19.3. The first-order valence-corrected chi connectivity index (χ1v) is 10.5. The summed E-state index contributed by atoms with van der Waals surface area (Å²) >= 11 is 4.10. The molecule has 4 rings (SSSR count). The minimum atomic E-state index is -1.05. The van der Waals surface area contributed by atoms with Gasteiger partial charge in [0.15, 0.2) is 6.61 Å². The summed E-state index contributed by atoms with van der Waals surface area (Å²) < 4.78 is 6.74. The molecule has 9 heteroatoms. The molecular weight excluding hydrogens is 578 g/mol. The van der Waals surface area contributed by atoms with E-state index in [1.165, 1.54) is 6.21 Å². The number of halogens is 2. The van der Waals surface area contributed by atoms with Gasteiger partial charge in [-0.3, -0.25) is 9.59 Å². The third-order valence-corrected chi connectivity index (χ3v) is 6.73. The van der Waals surface area contributed by atoms with Crippen molar-refractivity contribution in [1.82, 2.24) is 5.01 Å². The summed E-state index contributed by atoms with van der Waals surface area (Å²) in [4.78, 5) is 35.9. The number of fused-ring (bicyclic) bond motifs is 5. The Hall–Kier alpha value is -1.50. The fraction of sp³-hybridized carbons (Fsp3) is 0.333. The summed E-state index contributed by atoms with van der Waals surface area (Å²) in [6.07, 6.45) is 6.46. The van der Waals surface area contributed by atoms with Crippen LogP contribution in [-0.2, 0) is 14.4 Å². The quantitative estimate of drug-likeness (QED) is 0.246. The molecule has 4 atom stereocenters. The van der Waals surface area contributed by atoms with Crippen LogP contribution in [0.5, 0.6) is 5.75 Å². The van der Waals surface area contributed by atoms with E-state index in [9.17, 15) is 14.4 Å². The summed E-state index contributed by atoms with van der Waals surface area (Å²) in [5.41, 5.74) is 0.699. The molecule has 27 heavy (non-hydrogen) atoms. The summed E-state index contributed by atoms with van der Waals surface area (Å²) in [6.45, 7) is -0.421. The second-order valence-electron chi connectivity index (χ2n) is 6.73. The maximum Gasteiger partial charge on any atom is 0.341 e. The standard InChI is InChI=1S/C18H14I2N2O5/c19-11-3-8(4-12(20)16(11)27-7-13(23)24)6-21-22-17(25)14-9-1-2-10(5-9)15(14)18(22)26/h1-4,6,9-10,14-15H,5,7H2,(H,23,24)/t9-,10-,14-,15+/m0/s1. The smallest absolute Gasteiger partial charge is 0.341 e. The minimum absolute atomic E-state index is 0.157. The van der Waals surface area contributed by atoms with E-state index in [1.807, 2.05) is 57.3 Å². The van der Waals surface area contributed by atoms with Crippen molar-refractivity contribution >= 4 is 69.2 Å². The average molecular weight is 592 g/mol. The lowest BCUT2D eigenvalue weighted by atomic mass is 9.85. The van der Waals surface area contributed by atoms with Gasteiger partial charge in [0.1, 0.15) is 5.75 Å². The maximum atomic E-state index is 12.6. The molecule has 2 bridgehead atoms. The van der Waals surface area contributed by atoms with Gasteiger partial charge in [-0.1, -0.05) is 12.2 Å². The fourth-order valence-corrected chi connectivity index (χ4v) is 6.18. The zero-order valence-electron chi connectivity index (χ0n) is 13.8. The molecule has 0 radical (unpaired) electrons. The Morgan fingerprint density at radius 2 is 1.74 bits per heavy atom. The fourth-order valence-electron chi connectivity index (χ4n) is 4.05. The van der Waals surface area contributed by atoms with Crippen LogP contribution in [0, 0.1) is 30.8 Å². The Balaban J connectivity index is 1.53. The third kappa shape index (κ3) is 3.28. The predicted molar refractivity (Wildman–Crippen MR) is 112 cm³/mol. The normalized spacial score (nSPS) is 28.4. The molecule has 3 aliphatic rings. The summed E-state index contributed by atoms with van der Waals surface area (Å²) in [5.74, 6) is -1.22. The molecule has 7 nitrogen and oxygen atoms in total. The third-order valence-electron chi connectivity index (χ3n) is 5.13. The van der Waals surface area contributed by atoms with Crippen molar-refractivity contribution in [3.05, 3.63) is 37.0 Å². The topological polar surface area (TPSA) is 96.3 Å². The number of carbonyl (C=O) groups excluding carboxylic acids is 2. The van der Waals surface area contributed by atoms with Gasteiger partial charge in [0.05, 0.1) is 25.2 Å². The van der Waals surface area contributed by atoms with E-state index in [-0.39, 0.29) is 35.5 Å². The van der Waals surface area contributed by atoms with Crippen LogP contribution in [0.4, 0.5) is 0 Å². The van der Waals surface area contributed by atoms with Gasteiger partial charge in [-0.2, -0.15) is 10.1 Å². The number of aliphatic carboxylic acids is 1. The van der Waals surface area contributed by atoms with Gasteiger partial charge in [-0.15, -0.1) is 0 Å². The number of ether oxygens (including phenoxy) is 1. The highest BCUT2D eigenvalue weighted by Gasteiger charge is 2.59. The van der Waals surface area contributed by atoms with Gasteiger partial charge in [0.2, 0.25) is 0 Å². The molecule has 1 aliphatic heterocycles. The summed E-state index contributed by atoms with van der Waals surface area (Å²) in [7, 11) is 0. The SMILES string of the molecule is O=C(O)COc1c(I)cc(C=NN2C(=O)[C@@H]3[C@H](C2=O)[C@H]2C=C[C@H]3C2)cc1I. The number of carbonyl (C=O) groups is 3. The highest BCUT2D eigenvalue weighted by Crippen LogP contribution is 2.52. The van der Waals surface area contributed by atoms with Crippen LogP contribution in [0.25, 0.3) is 0 Å². The molecule has 0 spiro atoms. The lowest BCUT2D eigenvalue weighted by Gasteiger charge is -2.13. The van der Waals surface area contributed by atoms with Gasteiger partial charge in [0.25, 0.3) is 11.8 Å². The van der Waals surface area contributed by atoms with Crippen molar-refractivity contribution in [3.8, 4) is 5.75 Å². The largest absolute Gasteiger partial charge is 0.480 e. The molecule has 2 amide bonds. The lowest BCUT2D eigenvalue weighted by Crippen LogP contribution is -2.28. The number of rotatable bonds is 5. The van der Waals surface area contributed by atoms with Crippen LogP contribution in [0.1, 0.15) is 12.0 Å². The number of hydrogen-bond acceptors (Lipinski definition) is 5. The minimum Gasteiger partial charge on any atom is -0.480 e. The summed E-state index contributed by atoms with van der Waals surface area (Å²) in [5, 5.41) is 13.9. The Labute approximate surface area is 182 Å². The van der Waals surface area contributed by atoms with Gasteiger partial charge in [-0.25, -0.2) is 4.79 Å². The molecule has 140 valence electrons. The van der Waals surface area contributed by atoms with Crippen LogP contribution in [-0.4, -0.2) is 40.7 Å². The zero-order valence-corrected chi connectivity index (χ0v) is 18.2. The molecule has 2 aliphatic carbocycles. The number of allylic oxidation sites excluding steroid dienone is 2. The van der Waals surface area contributed by atoms with Crippen molar-refractivity contribution in [1.29, 1.82) is 0 Å². The molecule has 1 saturated carbocycles.